The molecule has 0 aromatic heterocycles. The van der Waals surface area contributed by atoms with Crippen molar-refractivity contribution in [2.45, 2.75) is 5.79 Å². The maximum atomic E-state index is 12.3. The van der Waals surface area contributed by atoms with E-state index in [-0.39, 0.29) is 5.56 Å². The summed E-state index contributed by atoms with van der Waals surface area (Å²) < 4.78 is 0. The summed E-state index contributed by atoms with van der Waals surface area (Å²) in [6, 6.07) is 14.1. The molecule has 1 aliphatic rings. The average molecular weight is 249 g/mol. The standard InChI is InChI=1S/C16H9O3/c17-15-11-5-1-3-9-7-8-10-4-2-6-12(16(15,18)19)14(10)13(9)11/h1-8,18H/q-1. The van der Waals surface area contributed by atoms with Gasteiger partial charge in [0.1, 0.15) is 0 Å². The number of Topliss-reactive ketones (excluding diaryl/α,β-unsaturated/α-hetero) is 1. The van der Waals surface area contributed by atoms with Gasteiger partial charge < -0.3 is 10.2 Å². The largest absolute Gasteiger partial charge is 0.819 e. The Morgan fingerprint density at radius 3 is 2.26 bits per heavy atom. The molecule has 1 aliphatic carbocycles. The summed E-state index contributed by atoms with van der Waals surface area (Å²) >= 11 is 0. The molecule has 0 saturated carbocycles. The maximum Gasteiger partial charge on any atom is 0.183 e. The summed E-state index contributed by atoms with van der Waals surface area (Å²) in [5.74, 6) is -3.47. The van der Waals surface area contributed by atoms with Crippen molar-refractivity contribution < 1.29 is 15.0 Å². The Morgan fingerprint density at radius 2 is 1.53 bits per heavy atom. The van der Waals surface area contributed by atoms with E-state index in [1.54, 1.807) is 18.2 Å². The summed E-state index contributed by atoms with van der Waals surface area (Å²) in [6.45, 7) is 0. The second kappa shape index (κ2) is 3.20. The fourth-order valence-electron chi connectivity index (χ4n) is 2.93. The van der Waals surface area contributed by atoms with Gasteiger partial charge in [0.25, 0.3) is 0 Å². The molecule has 0 amide bonds. The number of carbonyl (C=O) groups is 1. The number of benzene rings is 3. The first kappa shape index (κ1) is 10.7. The Hall–Kier alpha value is -2.23. The van der Waals surface area contributed by atoms with Crippen molar-refractivity contribution >= 4 is 27.3 Å². The van der Waals surface area contributed by atoms with Crippen LogP contribution in [0.5, 0.6) is 0 Å². The van der Waals surface area contributed by atoms with Crippen LogP contribution in [0.3, 0.4) is 0 Å². The summed E-state index contributed by atoms with van der Waals surface area (Å²) in [7, 11) is 0. The van der Waals surface area contributed by atoms with Crippen LogP contribution in [-0.2, 0) is 5.79 Å². The number of hydrogen-bond acceptors (Lipinski definition) is 3. The van der Waals surface area contributed by atoms with Crippen LogP contribution in [0, 0.1) is 0 Å². The van der Waals surface area contributed by atoms with Gasteiger partial charge in [-0.1, -0.05) is 48.5 Å². The SMILES string of the molecule is O=C1c2cccc3ccc4cccc(c4c23)C1([O-])O. The highest BCUT2D eigenvalue weighted by Gasteiger charge is 2.34. The molecule has 3 nitrogen and oxygen atoms in total. The highest BCUT2D eigenvalue weighted by molar-refractivity contribution is 6.24. The molecule has 1 N–H and O–H groups in total. The molecule has 0 spiro atoms. The summed E-state index contributed by atoms with van der Waals surface area (Å²) in [5.41, 5.74) is 0.457. The lowest BCUT2D eigenvalue weighted by atomic mass is 9.82. The van der Waals surface area contributed by atoms with E-state index in [9.17, 15) is 15.0 Å². The Bertz CT molecular complexity index is 862. The minimum atomic E-state index is -2.69. The lowest BCUT2D eigenvalue weighted by Gasteiger charge is -2.38. The van der Waals surface area contributed by atoms with E-state index in [2.05, 4.69) is 0 Å². The van der Waals surface area contributed by atoms with Crippen LogP contribution in [0.1, 0.15) is 15.9 Å². The first-order valence-electron chi connectivity index (χ1n) is 6.03. The van der Waals surface area contributed by atoms with Crippen molar-refractivity contribution in [2.75, 3.05) is 0 Å². The number of aliphatic hydroxyl groups is 1. The summed E-state index contributed by atoms with van der Waals surface area (Å²) in [5, 5.41) is 25.6. The van der Waals surface area contributed by atoms with E-state index in [1.807, 2.05) is 24.3 Å². The molecular formula is C16H9O3-. The van der Waals surface area contributed by atoms with Gasteiger partial charge in [-0.2, -0.15) is 0 Å². The van der Waals surface area contributed by atoms with Crippen LogP contribution >= 0.6 is 0 Å². The average Bonchev–Trinajstić information content (AvgIpc) is 2.43. The van der Waals surface area contributed by atoms with E-state index in [0.717, 1.165) is 16.2 Å². The molecule has 3 aromatic rings. The third-order valence-corrected chi connectivity index (χ3v) is 3.80. The first-order chi connectivity index (χ1) is 9.10. The van der Waals surface area contributed by atoms with Crippen LogP contribution in [0.25, 0.3) is 21.5 Å². The minimum Gasteiger partial charge on any atom is -0.819 e. The number of carbonyl (C=O) groups excluding carboxylic acids is 1. The molecule has 4 rings (SSSR count). The number of ketones is 1. The topological polar surface area (TPSA) is 60.4 Å². The zero-order valence-corrected chi connectivity index (χ0v) is 9.88. The second-order valence-electron chi connectivity index (χ2n) is 4.85. The first-order valence-corrected chi connectivity index (χ1v) is 6.03. The molecule has 1 atom stereocenters. The lowest BCUT2D eigenvalue weighted by Crippen LogP contribution is -2.49. The van der Waals surface area contributed by atoms with Gasteiger partial charge >= 0.3 is 0 Å². The summed E-state index contributed by atoms with van der Waals surface area (Å²) in [6.07, 6.45) is 0. The predicted molar refractivity (Wildman–Crippen MR) is 69.7 cm³/mol. The summed E-state index contributed by atoms with van der Waals surface area (Å²) in [4.78, 5) is 12.2. The van der Waals surface area contributed by atoms with E-state index in [0.29, 0.717) is 10.9 Å². The van der Waals surface area contributed by atoms with Crippen LogP contribution in [-0.4, -0.2) is 10.9 Å². The van der Waals surface area contributed by atoms with E-state index in [4.69, 9.17) is 0 Å². The van der Waals surface area contributed by atoms with Gasteiger partial charge in [0.05, 0.1) is 5.79 Å². The maximum absolute atomic E-state index is 12.3. The molecule has 0 bridgehead atoms. The molecule has 3 heteroatoms. The van der Waals surface area contributed by atoms with Gasteiger partial charge in [-0.05, 0) is 21.7 Å². The molecule has 0 saturated heterocycles. The molecule has 19 heavy (non-hydrogen) atoms. The van der Waals surface area contributed by atoms with Crippen LogP contribution < -0.4 is 5.11 Å². The monoisotopic (exact) mass is 249 g/mol. The number of rotatable bonds is 0. The Balaban J connectivity index is 2.41. The van der Waals surface area contributed by atoms with Crippen LogP contribution in [0.2, 0.25) is 0 Å². The Labute approximate surface area is 108 Å². The fourth-order valence-corrected chi connectivity index (χ4v) is 2.93. The zero-order chi connectivity index (χ0) is 13.2. The highest BCUT2D eigenvalue weighted by atomic mass is 16.5. The van der Waals surface area contributed by atoms with E-state index < -0.39 is 11.6 Å². The third kappa shape index (κ3) is 1.16. The molecule has 0 radical (unpaired) electrons. The molecule has 0 heterocycles. The van der Waals surface area contributed by atoms with Crippen LogP contribution in [0.4, 0.5) is 0 Å². The molecule has 1 unspecified atom stereocenters. The smallest absolute Gasteiger partial charge is 0.183 e. The predicted octanol–water partition coefficient (Wildman–Crippen LogP) is 1.69. The van der Waals surface area contributed by atoms with Gasteiger partial charge in [0.2, 0.25) is 0 Å². The van der Waals surface area contributed by atoms with Crippen molar-refractivity contribution in [1.29, 1.82) is 0 Å². The molecule has 3 aromatic carbocycles. The van der Waals surface area contributed by atoms with Crippen molar-refractivity contribution in [3.8, 4) is 0 Å². The highest BCUT2D eigenvalue weighted by Crippen LogP contribution is 2.40. The van der Waals surface area contributed by atoms with Crippen LogP contribution in [0.15, 0.2) is 48.5 Å². The van der Waals surface area contributed by atoms with E-state index in [1.165, 1.54) is 6.07 Å². The lowest BCUT2D eigenvalue weighted by molar-refractivity contribution is -0.530. The number of hydrogen-bond donors (Lipinski definition) is 1. The Kier molecular flexibility index (Phi) is 1.80. The molecule has 0 fully saturated rings. The zero-order valence-electron chi connectivity index (χ0n) is 9.88. The van der Waals surface area contributed by atoms with Crippen molar-refractivity contribution in [3.05, 3.63) is 59.7 Å². The van der Waals surface area contributed by atoms with Crippen molar-refractivity contribution in [3.63, 3.8) is 0 Å². The molecule has 0 aliphatic heterocycles. The quantitative estimate of drug-likeness (QED) is 0.487. The molecular weight excluding hydrogens is 240 g/mol. The van der Waals surface area contributed by atoms with E-state index >= 15 is 0 Å². The van der Waals surface area contributed by atoms with Gasteiger partial charge in [-0.3, -0.25) is 4.79 Å². The van der Waals surface area contributed by atoms with Gasteiger partial charge in [-0.15, -0.1) is 0 Å². The fraction of sp³-hybridized carbons (Fsp3) is 0.0625. The van der Waals surface area contributed by atoms with Gasteiger partial charge in [0, 0.05) is 10.9 Å². The Morgan fingerprint density at radius 1 is 0.895 bits per heavy atom. The van der Waals surface area contributed by atoms with Gasteiger partial charge in [0.15, 0.2) is 5.78 Å². The van der Waals surface area contributed by atoms with Gasteiger partial charge in [-0.25, -0.2) is 0 Å². The molecule has 92 valence electrons. The van der Waals surface area contributed by atoms with Crippen molar-refractivity contribution in [2.24, 2.45) is 0 Å². The second-order valence-corrected chi connectivity index (χ2v) is 4.85. The minimum absolute atomic E-state index is 0.152. The third-order valence-electron chi connectivity index (χ3n) is 3.80. The normalized spacial score (nSPS) is 21.5. The van der Waals surface area contributed by atoms with Crippen molar-refractivity contribution in [1.82, 2.24) is 0 Å².